The molecule has 1 rings (SSSR count). The normalized spacial score (nSPS) is 12.8. The standard InChI is InChI=1S/C11H13F3N2O3S/c1-7(20-11(12,13)14)9(17)15-4-5-16-10(18)8-3-2-6-19-8/h2-3,6-7H,4-5H2,1H3,(H,15,17)(H,16,18). The van der Waals surface area contributed by atoms with Crippen LogP contribution in [0.1, 0.15) is 17.5 Å². The molecular formula is C11H13F3N2O3S. The van der Waals surface area contributed by atoms with Gasteiger partial charge in [-0.3, -0.25) is 9.59 Å². The first-order valence-electron chi connectivity index (χ1n) is 5.63. The Bertz CT molecular complexity index is 448. The van der Waals surface area contributed by atoms with Crippen LogP contribution in [0.2, 0.25) is 0 Å². The van der Waals surface area contributed by atoms with Crippen molar-refractivity contribution in [2.45, 2.75) is 17.7 Å². The van der Waals surface area contributed by atoms with Crippen LogP contribution in [0.4, 0.5) is 13.2 Å². The third kappa shape index (κ3) is 6.00. The van der Waals surface area contributed by atoms with Crippen LogP contribution in [0, 0.1) is 0 Å². The summed E-state index contributed by atoms with van der Waals surface area (Å²) in [6, 6.07) is 3.02. The van der Waals surface area contributed by atoms with Crippen molar-refractivity contribution in [1.29, 1.82) is 0 Å². The molecule has 0 aliphatic carbocycles. The van der Waals surface area contributed by atoms with Crippen LogP contribution in [0.5, 0.6) is 0 Å². The largest absolute Gasteiger partial charge is 0.459 e. The van der Waals surface area contributed by atoms with Crippen LogP contribution >= 0.6 is 11.8 Å². The molecule has 1 unspecified atom stereocenters. The van der Waals surface area contributed by atoms with Crippen LogP contribution < -0.4 is 10.6 Å². The van der Waals surface area contributed by atoms with Gasteiger partial charge >= 0.3 is 5.51 Å². The highest BCUT2D eigenvalue weighted by molar-refractivity contribution is 8.01. The van der Waals surface area contributed by atoms with E-state index < -0.39 is 22.6 Å². The molecule has 0 saturated heterocycles. The fourth-order valence-corrected chi connectivity index (χ4v) is 1.85. The van der Waals surface area contributed by atoms with Crippen LogP contribution in [-0.2, 0) is 4.79 Å². The lowest BCUT2D eigenvalue weighted by molar-refractivity contribution is -0.120. The van der Waals surface area contributed by atoms with E-state index in [0.29, 0.717) is 0 Å². The summed E-state index contributed by atoms with van der Waals surface area (Å²) in [6.07, 6.45) is 1.34. The fraction of sp³-hybridized carbons (Fsp3) is 0.455. The Morgan fingerprint density at radius 3 is 2.55 bits per heavy atom. The van der Waals surface area contributed by atoms with Crippen LogP contribution in [0.3, 0.4) is 0 Å². The van der Waals surface area contributed by atoms with Crippen LogP contribution in [-0.4, -0.2) is 35.7 Å². The highest BCUT2D eigenvalue weighted by Gasteiger charge is 2.33. The molecule has 0 radical (unpaired) electrons. The van der Waals surface area contributed by atoms with Gasteiger partial charge in [0, 0.05) is 13.1 Å². The Balaban J connectivity index is 2.21. The van der Waals surface area contributed by atoms with Crippen LogP contribution in [0.15, 0.2) is 22.8 Å². The molecule has 1 aromatic rings. The zero-order chi connectivity index (χ0) is 15.2. The van der Waals surface area contributed by atoms with Gasteiger partial charge in [0.1, 0.15) is 0 Å². The van der Waals surface area contributed by atoms with Crippen LogP contribution in [0.25, 0.3) is 0 Å². The Hall–Kier alpha value is -1.64. The highest BCUT2D eigenvalue weighted by atomic mass is 32.2. The molecule has 2 amide bonds. The molecule has 1 heterocycles. The molecule has 2 N–H and O–H groups in total. The lowest BCUT2D eigenvalue weighted by atomic mass is 10.4. The Morgan fingerprint density at radius 2 is 2.00 bits per heavy atom. The molecule has 1 atom stereocenters. The fourth-order valence-electron chi connectivity index (χ4n) is 1.25. The van der Waals surface area contributed by atoms with Gasteiger partial charge in [-0.05, 0) is 30.8 Å². The maximum absolute atomic E-state index is 12.0. The number of nitrogens with one attached hydrogen (secondary N) is 2. The van der Waals surface area contributed by atoms with E-state index in [1.165, 1.54) is 12.3 Å². The third-order valence-corrected chi connectivity index (χ3v) is 2.97. The summed E-state index contributed by atoms with van der Waals surface area (Å²) in [6.45, 7) is 1.29. The molecule has 9 heteroatoms. The highest BCUT2D eigenvalue weighted by Crippen LogP contribution is 2.33. The van der Waals surface area contributed by atoms with Gasteiger partial charge in [0.05, 0.1) is 11.5 Å². The van der Waals surface area contributed by atoms with Gasteiger partial charge in [-0.25, -0.2) is 0 Å². The molecule has 20 heavy (non-hydrogen) atoms. The van der Waals surface area contributed by atoms with Crippen molar-refractivity contribution in [3.63, 3.8) is 0 Å². The van der Waals surface area contributed by atoms with E-state index in [2.05, 4.69) is 10.6 Å². The average Bonchev–Trinajstić information content (AvgIpc) is 2.85. The topological polar surface area (TPSA) is 71.3 Å². The monoisotopic (exact) mass is 310 g/mol. The summed E-state index contributed by atoms with van der Waals surface area (Å²) in [7, 11) is 0. The molecule has 0 bridgehead atoms. The molecule has 0 fully saturated rings. The van der Waals surface area contributed by atoms with Gasteiger partial charge in [-0.1, -0.05) is 0 Å². The number of hydrogen-bond donors (Lipinski definition) is 2. The van der Waals surface area contributed by atoms with E-state index in [4.69, 9.17) is 4.42 Å². The Labute approximate surface area is 117 Å². The van der Waals surface area contributed by atoms with E-state index in [9.17, 15) is 22.8 Å². The third-order valence-electron chi connectivity index (χ3n) is 2.13. The van der Waals surface area contributed by atoms with Crippen molar-refractivity contribution in [3.05, 3.63) is 24.2 Å². The van der Waals surface area contributed by atoms with Gasteiger partial charge in [0.25, 0.3) is 5.91 Å². The second-order valence-electron chi connectivity index (χ2n) is 3.73. The molecule has 0 aliphatic heterocycles. The number of amides is 2. The number of alkyl halides is 3. The SMILES string of the molecule is CC(SC(F)(F)F)C(=O)NCCNC(=O)c1ccco1. The van der Waals surface area contributed by atoms with Gasteiger partial charge < -0.3 is 15.1 Å². The smallest absolute Gasteiger partial charge is 0.442 e. The van der Waals surface area contributed by atoms with E-state index >= 15 is 0 Å². The number of halogens is 3. The summed E-state index contributed by atoms with van der Waals surface area (Å²) in [5.41, 5.74) is -4.45. The van der Waals surface area contributed by atoms with Gasteiger partial charge in [0.15, 0.2) is 5.76 Å². The molecule has 1 aromatic heterocycles. The first-order valence-corrected chi connectivity index (χ1v) is 6.51. The summed E-state index contributed by atoms with van der Waals surface area (Å²) < 4.78 is 40.9. The predicted octanol–water partition coefficient (Wildman–Crippen LogP) is 1.77. The minimum absolute atomic E-state index is 0.0358. The molecule has 5 nitrogen and oxygen atoms in total. The summed E-state index contributed by atoms with van der Waals surface area (Å²) >= 11 is -0.387. The molecule has 0 saturated carbocycles. The van der Waals surface area contributed by atoms with Crippen molar-refractivity contribution < 1.29 is 27.2 Å². The number of rotatable bonds is 6. The summed E-state index contributed by atoms with van der Waals surface area (Å²) in [5.74, 6) is -1.07. The first kappa shape index (κ1) is 16.4. The number of carbonyl (C=O) groups excluding carboxylic acids is 2. The number of hydrogen-bond acceptors (Lipinski definition) is 4. The predicted molar refractivity (Wildman–Crippen MR) is 67.2 cm³/mol. The van der Waals surface area contributed by atoms with Crippen molar-refractivity contribution in [2.75, 3.05) is 13.1 Å². The van der Waals surface area contributed by atoms with Gasteiger partial charge in [0.2, 0.25) is 5.91 Å². The zero-order valence-corrected chi connectivity index (χ0v) is 11.3. The summed E-state index contributed by atoms with van der Waals surface area (Å²) in [5, 5.41) is 3.51. The van der Waals surface area contributed by atoms with Crippen molar-refractivity contribution >= 4 is 23.6 Å². The maximum Gasteiger partial charge on any atom is 0.442 e. The Morgan fingerprint density at radius 1 is 1.35 bits per heavy atom. The van der Waals surface area contributed by atoms with E-state index in [0.717, 1.165) is 6.92 Å². The van der Waals surface area contributed by atoms with E-state index in [1.807, 2.05) is 0 Å². The van der Waals surface area contributed by atoms with Gasteiger partial charge in [-0.2, -0.15) is 13.2 Å². The average molecular weight is 310 g/mol. The minimum atomic E-state index is -4.45. The first-order chi connectivity index (χ1) is 9.29. The Kier molecular flexibility index (Phi) is 5.93. The van der Waals surface area contributed by atoms with Crippen molar-refractivity contribution in [2.24, 2.45) is 0 Å². The second kappa shape index (κ2) is 7.22. The second-order valence-corrected chi connectivity index (χ2v) is 5.14. The molecule has 0 aliphatic rings. The molecule has 0 spiro atoms. The molecular weight excluding hydrogens is 297 g/mol. The molecule has 0 aromatic carbocycles. The maximum atomic E-state index is 12.0. The van der Waals surface area contributed by atoms with E-state index in [-0.39, 0.29) is 30.6 Å². The minimum Gasteiger partial charge on any atom is -0.459 e. The lowest BCUT2D eigenvalue weighted by Gasteiger charge is -2.13. The number of furan rings is 1. The summed E-state index contributed by atoms with van der Waals surface area (Å²) in [4.78, 5) is 22.7. The quantitative estimate of drug-likeness (QED) is 0.786. The van der Waals surface area contributed by atoms with Gasteiger partial charge in [-0.15, -0.1) is 0 Å². The number of carbonyl (C=O) groups is 2. The molecule has 112 valence electrons. The van der Waals surface area contributed by atoms with Crippen molar-refractivity contribution in [1.82, 2.24) is 10.6 Å². The zero-order valence-electron chi connectivity index (χ0n) is 10.5. The van der Waals surface area contributed by atoms with Crippen molar-refractivity contribution in [3.8, 4) is 0 Å². The van der Waals surface area contributed by atoms with E-state index in [1.54, 1.807) is 6.07 Å². The lowest BCUT2D eigenvalue weighted by Crippen LogP contribution is -2.38. The number of thioether (sulfide) groups is 1.